The normalized spacial score (nSPS) is 13.9. The predicted octanol–water partition coefficient (Wildman–Crippen LogP) is -0.0446. The third kappa shape index (κ3) is 5.76. The van der Waals surface area contributed by atoms with Gasteiger partial charge in [0.25, 0.3) is 11.8 Å². The summed E-state index contributed by atoms with van der Waals surface area (Å²) in [5.41, 5.74) is 1.04. The molecule has 0 saturated heterocycles. The average molecular weight is 414 g/mol. The Bertz CT molecular complexity index is 804. The number of amides is 2. The Morgan fingerprint density at radius 1 is 1.18 bits per heavy atom. The van der Waals surface area contributed by atoms with Crippen LogP contribution in [0.2, 0.25) is 0 Å². The maximum atomic E-state index is 12.8. The van der Waals surface area contributed by atoms with Gasteiger partial charge in [-0.15, -0.1) is 0 Å². The minimum Gasteiger partial charge on any atom is -0.344 e. The molecule has 0 radical (unpaired) electrons. The highest BCUT2D eigenvalue weighted by Crippen LogP contribution is 2.23. The van der Waals surface area contributed by atoms with Gasteiger partial charge in [-0.1, -0.05) is 19.9 Å². The molecule has 0 heterocycles. The summed E-state index contributed by atoms with van der Waals surface area (Å²) < 4.78 is 27.1. The molecule has 1 aromatic carbocycles. The second kappa shape index (κ2) is 9.99. The Hall–Kier alpha value is -1.97. The minimum atomic E-state index is -3.63. The topological polar surface area (TPSA) is 91.2 Å². The summed E-state index contributed by atoms with van der Waals surface area (Å²) >= 11 is 0. The number of rotatable bonds is 9. The molecule has 0 aromatic heterocycles. The number of benzene rings is 1. The van der Waals surface area contributed by atoms with E-state index in [9.17, 15) is 18.0 Å². The summed E-state index contributed by atoms with van der Waals surface area (Å²) in [6.45, 7) is 7.98. The van der Waals surface area contributed by atoms with E-state index < -0.39 is 16.1 Å². The quantitative estimate of drug-likeness (QED) is 0.594. The smallest absolute Gasteiger partial charge is 0.282 e. The van der Waals surface area contributed by atoms with Gasteiger partial charge in [0, 0.05) is 32.9 Å². The number of likely N-dealkylation sites (N-methyl/N-ethyl adjacent to an activating group) is 2. The molecule has 1 aromatic rings. The van der Waals surface area contributed by atoms with Crippen LogP contribution in [0.4, 0.5) is 5.69 Å². The molecule has 8 nitrogen and oxygen atoms in total. The molecule has 2 N–H and O–H groups in total. The van der Waals surface area contributed by atoms with E-state index in [4.69, 9.17) is 0 Å². The fourth-order valence-corrected chi connectivity index (χ4v) is 4.39. The Morgan fingerprint density at radius 2 is 1.75 bits per heavy atom. The number of carbonyl (C=O) groups excluding carboxylic acids is 2. The van der Waals surface area contributed by atoms with Gasteiger partial charge in [0.15, 0.2) is 12.6 Å². The molecule has 0 aliphatic rings. The lowest BCUT2D eigenvalue weighted by Gasteiger charge is -2.23. The van der Waals surface area contributed by atoms with Crippen LogP contribution in [-0.2, 0) is 19.6 Å². The van der Waals surface area contributed by atoms with Crippen LogP contribution < -0.4 is 10.2 Å². The molecule has 2 atom stereocenters. The van der Waals surface area contributed by atoms with Crippen molar-refractivity contribution in [2.75, 3.05) is 46.1 Å². The van der Waals surface area contributed by atoms with Gasteiger partial charge in [-0.25, -0.2) is 8.42 Å². The summed E-state index contributed by atoms with van der Waals surface area (Å²) in [6.07, 6.45) is 0. The second-order valence-corrected chi connectivity index (χ2v) is 9.00. The van der Waals surface area contributed by atoms with Gasteiger partial charge in [-0.05, 0) is 31.5 Å². The van der Waals surface area contributed by atoms with Crippen molar-refractivity contribution in [2.45, 2.75) is 38.6 Å². The molecule has 2 amide bonds. The third-order valence-corrected chi connectivity index (χ3v) is 7.03. The van der Waals surface area contributed by atoms with E-state index in [-0.39, 0.29) is 23.3 Å². The molecule has 9 heteroatoms. The minimum absolute atomic E-state index is 0.0694. The predicted molar refractivity (Wildman–Crippen MR) is 110 cm³/mol. The first kappa shape index (κ1) is 24.1. The van der Waals surface area contributed by atoms with Gasteiger partial charge >= 0.3 is 0 Å². The number of sulfonamides is 1. The lowest BCUT2D eigenvalue weighted by atomic mass is 10.2. The van der Waals surface area contributed by atoms with Crippen molar-refractivity contribution in [1.82, 2.24) is 9.21 Å². The highest BCUT2D eigenvalue weighted by Gasteiger charge is 2.27. The van der Waals surface area contributed by atoms with Gasteiger partial charge in [-0.2, -0.15) is 4.31 Å². The first-order valence-electron chi connectivity index (χ1n) is 9.39. The molecule has 28 heavy (non-hydrogen) atoms. The van der Waals surface area contributed by atoms with E-state index in [1.54, 1.807) is 61.0 Å². The lowest BCUT2D eigenvalue weighted by Crippen LogP contribution is -3.15. The fraction of sp³-hybridized carbons (Fsp3) is 0.579. The van der Waals surface area contributed by atoms with Crippen LogP contribution >= 0.6 is 0 Å². The zero-order valence-electron chi connectivity index (χ0n) is 17.9. The highest BCUT2D eigenvalue weighted by atomic mass is 32.2. The number of anilines is 1. The molecule has 0 spiro atoms. The van der Waals surface area contributed by atoms with Crippen LogP contribution in [0.3, 0.4) is 0 Å². The lowest BCUT2D eigenvalue weighted by molar-refractivity contribution is -0.886. The molecule has 0 fully saturated rings. The Balaban J connectivity index is 3.02. The van der Waals surface area contributed by atoms with Gasteiger partial charge in [0.1, 0.15) is 0 Å². The van der Waals surface area contributed by atoms with Crippen LogP contribution in [0.5, 0.6) is 0 Å². The summed E-state index contributed by atoms with van der Waals surface area (Å²) in [6, 6.07) is 4.38. The van der Waals surface area contributed by atoms with Crippen molar-refractivity contribution < 1.29 is 22.9 Å². The van der Waals surface area contributed by atoms with E-state index in [1.807, 2.05) is 0 Å². The fourth-order valence-electron chi connectivity index (χ4n) is 2.68. The SMILES string of the molecule is CCN(CC)S(=O)(=O)c1cc(NC(=O)[C@@H](C)[NH+](C)CC(=O)N(C)C)ccc1C. The number of hydrogen-bond acceptors (Lipinski definition) is 4. The van der Waals surface area contributed by atoms with Crippen LogP contribution in [0.1, 0.15) is 26.3 Å². The van der Waals surface area contributed by atoms with Gasteiger partial charge in [-0.3, -0.25) is 9.59 Å². The zero-order valence-corrected chi connectivity index (χ0v) is 18.7. The third-order valence-electron chi connectivity index (χ3n) is 4.84. The average Bonchev–Trinajstić information content (AvgIpc) is 2.62. The molecular formula is C19H33N4O4S+. The van der Waals surface area contributed by atoms with Crippen LogP contribution in [0.15, 0.2) is 23.1 Å². The Labute approximate surface area is 168 Å². The van der Waals surface area contributed by atoms with Crippen molar-refractivity contribution in [3.63, 3.8) is 0 Å². The molecule has 158 valence electrons. The van der Waals surface area contributed by atoms with E-state index >= 15 is 0 Å². The highest BCUT2D eigenvalue weighted by molar-refractivity contribution is 7.89. The van der Waals surface area contributed by atoms with E-state index in [0.717, 1.165) is 4.90 Å². The Kier molecular flexibility index (Phi) is 8.59. The standard InChI is InChI=1S/C19H32N4O4S/c1-8-23(9-2)28(26,27)17-12-16(11-10-14(17)3)20-19(25)15(4)22(7)13-18(24)21(5)6/h10-12,15H,8-9,13H2,1-7H3,(H,20,25)/p+1/t15-/m1/s1. The summed E-state index contributed by atoms with van der Waals surface area (Å²) in [4.78, 5) is 26.9. The van der Waals surface area contributed by atoms with E-state index in [0.29, 0.717) is 24.3 Å². The largest absolute Gasteiger partial charge is 0.344 e. The number of hydrogen-bond donors (Lipinski definition) is 2. The van der Waals surface area contributed by atoms with Crippen LogP contribution in [0, 0.1) is 6.92 Å². The van der Waals surface area contributed by atoms with Crippen molar-refractivity contribution in [3.05, 3.63) is 23.8 Å². The molecule has 0 aliphatic heterocycles. The molecule has 0 bridgehead atoms. The number of nitrogens with one attached hydrogen (secondary N) is 2. The molecular weight excluding hydrogens is 380 g/mol. The first-order valence-corrected chi connectivity index (χ1v) is 10.8. The van der Waals surface area contributed by atoms with Crippen molar-refractivity contribution in [3.8, 4) is 0 Å². The van der Waals surface area contributed by atoms with Crippen LogP contribution in [-0.4, -0.2) is 76.3 Å². The Morgan fingerprint density at radius 3 is 2.25 bits per heavy atom. The second-order valence-electron chi connectivity index (χ2n) is 7.09. The number of aryl methyl sites for hydroxylation is 1. The number of carbonyl (C=O) groups is 2. The molecule has 0 saturated carbocycles. The summed E-state index contributed by atoms with van der Waals surface area (Å²) in [5.74, 6) is -0.348. The van der Waals surface area contributed by atoms with Gasteiger partial charge in [0.2, 0.25) is 10.0 Å². The summed E-state index contributed by atoms with van der Waals surface area (Å²) in [5, 5.41) is 2.77. The van der Waals surface area contributed by atoms with E-state index in [1.165, 1.54) is 15.3 Å². The monoisotopic (exact) mass is 413 g/mol. The first-order chi connectivity index (χ1) is 12.9. The number of quaternary nitrogens is 1. The van der Waals surface area contributed by atoms with Crippen molar-refractivity contribution in [1.29, 1.82) is 0 Å². The molecule has 1 unspecified atom stereocenters. The van der Waals surface area contributed by atoms with E-state index in [2.05, 4.69) is 5.32 Å². The van der Waals surface area contributed by atoms with Crippen molar-refractivity contribution >= 4 is 27.5 Å². The van der Waals surface area contributed by atoms with Gasteiger partial charge in [0.05, 0.1) is 11.9 Å². The zero-order chi connectivity index (χ0) is 21.6. The molecule has 0 aliphatic carbocycles. The van der Waals surface area contributed by atoms with Crippen LogP contribution in [0.25, 0.3) is 0 Å². The summed E-state index contributed by atoms with van der Waals surface area (Å²) in [7, 11) is 1.49. The number of nitrogens with zero attached hydrogens (tertiary/aromatic N) is 2. The van der Waals surface area contributed by atoms with Crippen molar-refractivity contribution in [2.24, 2.45) is 0 Å². The van der Waals surface area contributed by atoms with Gasteiger partial charge < -0.3 is 15.1 Å². The molecule has 1 rings (SSSR count). The maximum Gasteiger partial charge on any atom is 0.282 e. The maximum absolute atomic E-state index is 12.8.